The number of thiophene rings is 1. The maximum absolute atomic E-state index is 13.3. The zero-order valence-electron chi connectivity index (χ0n) is 19.5. The summed E-state index contributed by atoms with van der Waals surface area (Å²) in [6, 6.07) is 8.77. The van der Waals surface area contributed by atoms with E-state index in [9.17, 15) is 19.6 Å². The van der Waals surface area contributed by atoms with Crippen LogP contribution < -0.4 is 5.56 Å². The number of nitrogens with zero attached hydrogens (tertiary/aromatic N) is 5. The first-order valence-electron chi connectivity index (χ1n) is 10.7. The Kier molecular flexibility index (Phi) is 7.31. The average molecular weight is 542 g/mol. The normalized spacial score (nSPS) is 11.4. The number of hydrogen-bond acceptors (Lipinski definition) is 9. The largest absolute Gasteiger partial charge is 0.440 e. The van der Waals surface area contributed by atoms with Crippen molar-refractivity contribution in [2.24, 2.45) is 5.41 Å². The van der Waals surface area contributed by atoms with E-state index in [-0.39, 0.29) is 35.0 Å². The molecule has 0 fully saturated rings. The fourth-order valence-corrected chi connectivity index (χ4v) is 5.34. The van der Waals surface area contributed by atoms with Crippen molar-refractivity contribution >= 4 is 46.4 Å². The molecule has 0 aliphatic carbocycles. The van der Waals surface area contributed by atoms with Crippen LogP contribution in [-0.2, 0) is 12.3 Å². The van der Waals surface area contributed by atoms with Gasteiger partial charge in [-0.25, -0.2) is 4.98 Å². The van der Waals surface area contributed by atoms with E-state index in [1.165, 1.54) is 46.2 Å². The Hall–Kier alpha value is -3.46. The van der Waals surface area contributed by atoms with Gasteiger partial charge >= 0.3 is 0 Å². The van der Waals surface area contributed by atoms with E-state index in [4.69, 9.17) is 16.0 Å². The van der Waals surface area contributed by atoms with Crippen LogP contribution in [0.25, 0.3) is 11.3 Å². The second-order valence-corrected chi connectivity index (χ2v) is 11.6. The quantitative estimate of drug-likeness (QED) is 0.232. The van der Waals surface area contributed by atoms with Gasteiger partial charge in [-0.1, -0.05) is 32.4 Å². The SMILES string of the molecule is CC(C)(C)C(=O)n1nc(-c2cc(C#N)cn(CC(=O)c3cnco3)c2=O)cc1SCc1ccc(Cl)s1. The maximum Gasteiger partial charge on any atom is 0.260 e. The molecule has 4 aromatic heterocycles. The molecule has 0 aliphatic rings. The number of halogens is 1. The number of hydrogen-bond donors (Lipinski definition) is 0. The Morgan fingerprint density at radius 2 is 2.06 bits per heavy atom. The number of Topliss-reactive ketones (excluding diaryl/α,β-unsaturated/α-hetero) is 1. The molecule has 0 saturated carbocycles. The van der Waals surface area contributed by atoms with Gasteiger partial charge in [0.1, 0.15) is 11.1 Å². The van der Waals surface area contributed by atoms with Crippen LogP contribution in [0.15, 0.2) is 57.3 Å². The number of pyridine rings is 1. The minimum Gasteiger partial charge on any atom is -0.440 e. The molecule has 9 nitrogen and oxygen atoms in total. The number of carbonyl (C=O) groups is 2. The van der Waals surface area contributed by atoms with Crippen LogP contribution in [-0.4, -0.2) is 31.0 Å². The van der Waals surface area contributed by atoms with Crippen LogP contribution in [0.4, 0.5) is 0 Å². The number of nitriles is 1. The lowest BCUT2D eigenvalue weighted by Crippen LogP contribution is -2.28. The molecule has 12 heteroatoms. The lowest BCUT2D eigenvalue weighted by Gasteiger charge is -2.17. The van der Waals surface area contributed by atoms with Gasteiger partial charge in [0.25, 0.3) is 11.5 Å². The standard InChI is InChI=1S/C24H20ClN5O4S2/c1-24(2,3)23(33)30-21(35-12-15-4-5-20(25)36-15)7-17(28-30)16-6-14(8-26)10-29(22(16)32)11-18(31)19-9-27-13-34-19/h4-7,9-10,13H,11-12H2,1-3H3. The number of ketones is 1. The van der Waals surface area contributed by atoms with E-state index >= 15 is 0 Å². The van der Waals surface area contributed by atoms with Crippen molar-refractivity contribution in [1.29, 1.82) is 5.26 Å². The molecule has 0 bridgehead atoms. The van der Waals surface area contributed by atoms with Gasteiger partial charge in [0.05, 0.1) is 33.9 Å². The molecule has 0 N–H and O–H groups in total. The van der Waals surface area contributed by atoms with Gasteiger partial charge in [-0.3, -0.25) is 14.4 Å². The topological polar surface area (TPSA) is 124 Å². The van der Waals surface area contributed by atoms with E-state index in [1.54, 1.807) is 32.9 Å². The van der Waals surface area contributed by atoms with Crippen LogP contribution >= 0.6 is 34.7 Å². The minimum atomic E-state index is -0.733. The molecule has 36 heavy (non-hydrogen) atoms. The Bertz CT molecular complexity index is 1540. The summed E-state index contributed by atoms with van der Waals surface area (Å²) < 4.78 is 8.10. The van der Waals surface area contributed by atoms with Gasteiger partial charge in [-0.15, -0.1) is 23.1 Å². The molecular weight excluding hydrogens is 522 g/mol. The van der Waals surface area contributed by atoms with Crippen LogP contribution in [0.2, 0.25) is 4.34 Å². The lowest BCUT2D eigenvalue weighted by atomic mass is 9.96. The highest BCUT2D eigenvalue weighted by molar-refractivity contribution is 7.98. The molecule has 0 unspecified atom stereocenters. The van der Waals surface area contributed by atoms with E-state index < -0.39 is 16.8 Å². The number of carbonyl (C=O) groups excluding carboxylic acids is 2. The Morgan fingerprint density at radius 3 is 2.67 bits per heavy atom. The molecule has 0 saturated heterocycles. The number of rotatable bonds is 7. The van der Waals surface area contributed by atoms with Crippen molar-refractivity contribution in [3.8, 4) is 17.3 Å². The predicted octanol–water partition coefficient (Wildman–Crippen LogP) is 5.15. The molecule has 0 aromatic carbocycles. The van der Waals surface area contributed by atoms with Crippen molar-refractivity contribution in [1.82, 2.24) is 19.3 Å². The molecule has 0 radical (unpaired) electrons. The van der Waals surface area contributed by atoms with Crippen LogP contribution in [0.1, 0.15) is 46.6 Å². The van der Waals surface area contributed by atoms with Gasteiger partial charge < -0.3 is 8.98 Å². The van der Waals surface area contributed by atoms with Crippen LogP contribution in [0.5, 0.6) is 0 Å². The van der Waals surface area contributed by atoms with Crippen molar-refractivity contribution in [2.75, 3.05) is 0 Å². The van der Waals surface area contributed by atoms with Gasteiger partial charge in [0.15, 0.2) is 12.2 Å². The van der Waals surface area contributed by atoms with E-state index in [1.807, 2.05) is 12.1 Å². The van der Waals surface area contributed by atoms with Crippen LogP contribution in [0, 0.1) is 16.7 Å². The third-order valence-corrected chi connectivity index (χ3v) is 7.47. The summed E-state index contributed by atoms with van der Waals surface area (Å²) in [6.07, 6.45) is 3.68. The summed E-state index contributed by atoms with van der Waals surface area (Å²) >= 11 is 8.86. The Labute approximate surface area is 219 Å². The zero-order chi connectivity index (χ0) is 26.0. The Balaban J connectivity index is 1.76. The molecule has 4 aromatic rings. The molecule has 4 heterocycles. The Morgan fingerprint density at radius 1 is 1.28 bits per heavy atom. The smallest absolute Gasteiger partial charge is 0.260 e. The maximum atomic E-state index is 13.3. The number of oxazole rings is 1. The van der Waals surface area contributed by atoms with E-state index in [0.29, 0.717) is 15.1 Å². The van der Waals surface area contributed by atoms with Crippen LogP contribution in [0.3, 0.4) is 0 Å². The van der Waals surface area contributed by atoms with Crippen molar-refractivity contribution < 1.29 is 14.0 Å². The first-order chi connectivity index (χ1) is 17.1. The highest BCUT2D eigenvalue weighted by Crippen LogP contribution is 2.32. The lowest BCUT2D eigenvalue weighted by molar-refractivity contribution is 0.0736. The summed E-state index contributed by atoms with van der Waals surface area (Å²) in [6.45, 7) is 4.99. The molecule has 0 aliphatic heterocycles. The number of aromatic nitrogens is 4. The fourth-order valence-electron chi connectivity index (χ4n) is 3.22. The molecular formula is C24H20ClN5O4S2. The highest BCUT2D eigenvalue weighted by Gasteiger charge is 2.28. The highest BCUT2D eigenvalue weighted by atomic mass is 35.5. The summed E-state index contributed by atoms with van der Waals surface area (Å²) in [5.41, 5.74) is -0.781. The number of thioether (sulfide) groups is 1. The summed E-state index contributed by atoms with van der Waals surface area (Å²) in [5, 5.41) is 14.5. The average Bonchev–Trinajstić information content (AvgIpc) is 3.59. The molecule has 184 valence electrons. The van der Waals surface area contributed by atoms with E-state index in [2.05, 4.69) is 10.1 Å². The zero-order valence-corrected chi connectivity index (χ0v) is 21.9. The summed E-state index contributed by atoms with van der Waals surface area (Å²) in [4.78, 5) is 43.7. The third kappa shape index (κ3) is 5.51. The van der Waals surface area contributed by atoms with Gasteiger partial charge in [-0.2, -0.15) is 15.0 Å². The molecule has 4 rings (SSSR count). The second kappa shape index (κ2) is 10.3. The fraction of sp³-hybridized carbons (Fsp3) is 0.250. The van der Waals surface area contributed by atoms with Gasteiger partial charge in [0.2, 0.25) is 5.78 Å². The third-order valence-electron chi connectivity index (χ3n) is 5.01. The van der Waals surface area contributed by atoms with Gasteiger partial charge in [0, 0.05) is 22.2 Å². The summed E-state index contributed by atoms with van der Waals surface area (Å²) in [7, 11) is 0. The summed E-state index contributed by atoms with van der Waals surface area (Å²) in [5.74, 6) is -0.181. The molecule has 0 spiro atoms. The molecule has 0 atom stereocenters. The van der Waals surface area contributed by atoms with Crippen molar-refractivity contribution in [3.05, 3.63) is 73.9 Å². The predicted molar refractivity (Wildman–Crippen MR) is 136 cm³/mol. The second-order valence-electron chi connectivity index (χ2n) is 8.81. The van der Waals surface area contributed by atoms with E-state index in [0.717, 1.165) is 15.8 Å². The minimum absolute atomic E-state index is 0.00164. The first kappa shape index (κ1) is 25.6. The monoisotopic (exact) mass is 541 g/mol. The van der Waals surface area contributed by atoms with Crippen molar-refractivity contribution in [2.45, 2.75) is 38.1 Å². The first-order valence-corrected chi connectivity index (χ1v) is 12.8. The van der Waals surface area contributed by atoms with Gasteiger partial charge in [-0.05, 0) is 24.3 Å². The molecule has 0 amide bonds. The van der Waals surface area contributed by atoms with Crippen molar-refractivity contribution in [3.63, 3.8) is 0 Å².